The van der Waals surface area contributed by atoms with Gasteiger partial charge >= 0.3 is 6.18 Å². The lowest BCUT2D eigenvalue weighted by molar-refractivity contribution is -0.140. The van der Waals surface area contributed by atoms with Gasteiger partial charge < -0.3 is 15.0 Å². The Morgan fingerprint density at radius 1 is 1.10 bits per heavy atom. The maximum absolute atomic E-state index is 13.7. The second-order valence-corrected chi connectivity index (χ2v) is 11.4. The Balaban J connectivity index is 2.54. The summed E-state index contributed by atoms with van der Waals surface area (Å²) in [4.78, 5) is 28.1. The molecule has 8 nitrogen and oxygen atoms in total. The standard InChI is InChI=1S/C26H33ClF3N3O5S/c1-6-17(3)31-25(35)23(7-2)32(15-18-9-8-10-20(13-18)38-4)24(34)16-33(39(5,36)37)19-11-12-22(27)21(14-19)26(28,29)30/h8-14,17,23H,6-7,15-16H2,1-5H3,(H,31,35)/t17-,23+/m0/s1. The van der Waals surface area contributed by atoms with Gasteiger partial charge in [0.15, 0.2) is 0 Å². The lowest BCUT2D eigenvalue weighted by Gasteiger charge is -2.33. The summed E-state index contributed by atoms with van der Waals surface area (Å²) < 4.78 is 71.6. The minimum atomic E-state index is -4.85. The molecule has 0 saturated heterocycles. The van der Waals surface area contributed by atoms with Crippen molar-refractivity contribution < 1.29 is 35.9 Å². The van der Waals surface area contributed by atoms with Gasteiger partial charge in [0.25, 0.3) is 0 Å². The molecule has 2 amide bonds. The van der Waals surface area contributed by atoms with Gasteiger partial charge in [0, 0.05) is 12.6 Å². The van der Waals surface area contributed by atoms with Crippen LogP contribution in [0.25, 0.3) is 0 Å². The van der Waals surface area contributed by atoms with Gasteiger partial charge in [-0.25, -0.2) is 8.42 Å². The van der Waals surface area contributed by atoms with E-state index in [0.717, 1.165) is 18.4 Å². The van der Waals surface area contributed by atoms with E-state index in [2.05, 4.69) is 5.32 Å². The maximum atomic E-state index is 13.7. The molecule has 2 aromatic rings. The number of methoxy groups -OCH3 is 1. The highest BCUT2D eigenvalue weighted by molar-refractivity contribution is 7.92. The first-order valence-electron chi connectivity index (χ1n) is 12.2. The second-order valence-electron chi connectivity index (χ2n) is 9.05. The van der Waals surface area contributed by atoms with E-state index in [-0.39, 0.29) is 24.7 Å². The van der Waals surface area contributed by atoms with Crippen molar-refractivity contribution in [1.82, 2.24) is 10.2 Å². The monoisotopic (exact) mass is 591 g/mol. The van der Waals surface area contributed by atoms with E-state index in [1.165, 1.54) is 12.0 Å². The molecule has 0 aliphatic heterocycles. The third kappa shape index (κ3) is 8.76. The molecule has 0 bridgehead atoms. The number of benzene rings is 2. The summed E-state index contributed by atoms with van der Waals surface area (Å²) in [7, 11) is -2.75. The van der Waals surface area contributed by atoms with Crippen LogP contribution >= 0.6 is 11.6 Å². The van der Waals surface area contributed by atoms with Crippen molar-refractivity contribution in [3.8, 4) is 5.75 Å². The van der Waals surface area contributed by atoms with Crippen molar-refractivity contribution in [2.75, 3.05) is 24.2 Å². The number of sulfonamides is 1. The van der Waals surface area contributed by atoms with Crippen LogP contribution in [0.15, 0.2) is 42.5 Å². The Morgan fingerprint density at radius 3 is 2.31 bits per heavy atom. The zero-order chi connectivity index (χ0) is 29.5. The Labute approximate surface area is 232 Å². The molecule has 39 heavy (non-hydrogen) atoms. The summed E-state index contributed by atoms with van der Waals surface area (Å²) in [6, 6.07) is 8.22. The predicted molar refractivity (Wildman–Crippen MR) is 144 cm³/mol. The summed E-state index contributed by atoms with van der Waals surface area (Å²) in [5, 5.41) is 2.23. The van der Waals surface area contributed by atoms with Crippen LogP contribution in [0, 0.1) is 0 Å². The van der Waals surface area contributed by atoms with Crippen LogP contribution < -0.4 is 14.4 Å². The summed E-state index contributed by atoms with van der Waals surface area (Å²) in [5.74, 6) is -0.701. The van der Waals surface area contributed by atoms with Crippen LogP contribution in [-0.4, -0.2) is 57.1 Å². The van der Waals surface area contributed by atoms with Gasteiger partial charge in [-0.15, -0.1) is 0 Å². The first-order chi connectivity index (χ1) is 18.1. The number of carbonyl (C=O) groups excluding carboxylic acids is 2. The Morgan fingerprint density at radius 2 is 1.77 bits per heavy atom. The highest BCUT2D eigenvalue weighted by atomic mass is 35.5. The number of carbonyl (C=O) groups is 2. The SMILES string of the molecule is CC[C@H](C(=O)N[C@@H](C)CC)N(Cc1cccc(OC)c1)C(=O)CN(c1ccc(Cl)c(C(F)(F)F)c1)S(C)(=O)=O. The van der Waals surface area contributed by atoms with E-state index in [1.807, 2.05) is 13.8 Å². The molecular weight excluding hydrogens is 559 g/mol. The minimum absolute atomic E-state index is 0.0749. The first kappa shape index (κ1) is 32.2. The normalized spacial score (nSPS) is 13.4. The zero-order valence-electron chi connectivity index (χ0n) is 22.4. The number of nitrogens with zero attached hydrogens (tertiary/aromatic N) is 2. The number of anilines is 1. The summed E-state index contributed by atoms with van der Waals surface area (Å²) in [5.41, 5.74) is -1.02. The Bertz CT molecular complexity index is 1270. The topological polar surface area (TPSA) is 96.0 Å². The molecule has 0 aromatic heterocycles. The number of hydrogen-bond acceptors (Lipinski definition) is 5. The van der Waals surface area contributed by atoms with Crippen molar-refractivity contribution in [1.29, 1.82) is 0 Å². The molecule has 2 atom stereocenters. The fourth-order valence-electron chi connectivity index (χ4n) is 3.83. The molecule has 0 heterocycles. The number of rotatable bonds is 12. The molecule has 0 aliphatic rings. The molecule has 13 heteroatoms. The molecule has 216 valence electrons. The second kappa shape index (κ2) is 13.4. The number of nitrogens with one attached hydrogen (secondary N) is 1. The van der Waals surface area contributed by atoms with Crippen LogP contribution in [0.4, 0.5) is 18.9 Å². The molecule has 0 fully saturated rings. The van der Waals surface area contributed by atoms with Gasteiger partial charge in [0.05, 0.1) is 29.6 Å². The molecule has 2 aromatic carbocycles. The average molecular weight is 592 g/mol. The van der Waals surface area contributed by atoms with Crippen LogP contribution in [0.3, 0.4) is 0 Å². The first-order valence-corrected chi connectivity index (χ1v) is 14.4. The maximum Gasteiger partial charge on any atom is 0.417 e. The molecule has 0 radical (unpaired) electrons. The van der Waals surface area contributed by atoms with Crippen LogP contribution in [0.5, 0.6) is 5.75 Å². The van der Waals surface area contributed by atoms with E-state index < -0.39 is 51.2 Å². The summed E-state index contributed by atoms with van der Waals surface area (Å²) in [6.45, 7) is 4.48. The molecule has 0 aliphatic carbocycles. The smallest absolute Gasteiger partial charge is 0.417 e. The fourth-order valence-corrected chi connectivity index (χ4v) is 4.89. The fraction of sp³-hybridized carbons (Fsp3) is 0.462. The zero-order valence-corrected chi connectivity index (χ0v) is 24.0. The van der Waals surface area contributed by atoms with E-state index in [1.54, 1.807) is 31.2 Å². The van der Waals surface area contributed by atoms with Gasteiger partial charge in [-0.05, 0) is 55.7 Å². The number of amides is 2. The quantitative estimate of drug-likeness (QED) is 0.380. The van der Waals surface area contributed by atoms with Gasteiger partial charge in [-0.3, -0.25) is 13.9 Å². The largest absolute Gasteiger partial charge is 0.497 e. The van der Waals surface area contributed by atoms with Gasteiger partial charge in [-0.2, -0.15) is 13.2 Å². The van der Waals surface area contributed by atoms with E-state index in [0.29, 0.717) is 28.1 Å². The van der Waals surface area contributed by atoms with Gasteiger partial charge in [-0.1, -0.05) is 37.6 Å². The number of ether oxygens (including phenoxy) is 1. The van der Waals surface area contributed by atoms with Crippen molar-refractivity contribution in [3.63, 3.8) is 0 Å². The molecule has 0 saturated carbocycles. The van der Waals surface area contributed by atoms with Crippen LogP contribution in [0.1, 0.15) is 44.7 Å². The molecular formula is C26H33ClF3N3O5S. The predicted octanol–water partition coefficient (Wildman–Crippen LogP) is 4.86. The van der Waals surface area contributed by atoms with E-state index in [4.69, 9.17) is 16.3 Å². The van der Waals surface area contributed by atoms with Crippen molar-refractivity contribution in [2.45, 2.75) is 58.4 Å². The molecule has 1 N–H and O–H groups in total. The summed E-state index contributed by atoms with van der Waals surface area (Å²) in [6.07, 6.45) is -3.22. The number of halogens is 4. The highest BCUT2D eigenvalue weighted by Crippen LogP contribution is 2.37. The summed E-state index contributed by atoms with van der Waals surface area (Å²) >= 11 is 5.70. The van der Waals surface area contributed by atoms with E-state index in [9.17, 15) is 31.2 Å². The molecule has 0 spiro atoms. The number of alkyl halides is 3. The highest BCUT2D eigenvalue weighted by Gasteiger charge is 2.36. The number of hydrogen-bond donors (Lipinski definition) is 1. The average Bonchev–Trinajstić information content (AvgIpc) is 2.86. The molecule has 2 rings (SSSR count). The van der Waals surface area contributed by atoms with Crippen LogP contribution in [0.2, 0.25) is 5.02 Å². The van der Waals surface area contributed by atoms with Crippen molar-refractivity contribution in [3.05, 3.63) is 58.6 Å². The van der Waals surface area contributed by atoms with Gasteiger partial charge in [0.2, 0.25) is 21.8 Å². The minimum Gasteiger partial charge on any atom is -0.497 e. The third-order valence-electron chi connectivity index (χ3n) is 6.10. The third-order valence-corrected chi connectivity index (χ3v) is 7.57. The van der Waals surface area contributed by atoms with E-state index >= 15 is 0 Å². The lowest BCUT2D eigenvalue weighted by Crippen LogP contribution is -2.53. The lowest BCUT2D eigenvalue weighted by atomic mass is 10.1. The van der Waals surface area contributed by atoms with Crippen molar-refractivity contribution >= 4 is 39.1 Å². The van der Waals surface area contributed by atoms with Crippen molar-refractivity contribution in [2.24, 2.45) is 0 Å². The van der Waals surface area contributed by atoms with Crippen LogP contribution in [-0.2, 0) is 32.3 Å². The Kier molecular flexibility index (Phi) is 11.1. The van der Waals surface area contributed by atoms with Gasteiger partial charge in [0.1, 0.15) is 18.3 Å². The molecule has 0 unspecified atom stereocenters. The Hall–Kier alpha value is -2.99.